The molecule has 1 aliphatic rings. The van der Waals surface area contributed by atoms with Gasteiger partial charge in [0.05, 0.1) is 29.0 Å². The fourth-order valence-corrected chi connectivity index (χ4v) is 4.26. The molecule has 1 fully saturated rings. The van der Waals surface area contributed by atoms with Crippen LogP contribution in [0.5, 0.6) is 0 Å². The van der Waals surface area contributed by atoms with Crippen molar-refractivity contribution in [1.82, 2.24) is 30.2 Å². The summed E-state index contributed by atoms with van der Waals surface area (Å²) in [7, 11) is 1.82. The number of nitrogens with zero attached hydrogens (tertiary/aromatic N) is 5. The summed E-state index contributed by atoms with van der Waals surface area (Å²) in [5.41, 5.74) is 1.41. The third kappa shape index (κ3) is 5.19. The first-order chi connectivity index (χ1) is 12.0. The van der Waals surface area contributed by atoms with Crippen molar-refractivity contribution in [2.24, 2.45) is 0 Å². The zero-order valence-corrected chi connectivity index (χ0v) is 18.6. The van der Waals surface area contributed by atoms with Gasteiger partial charge in [0.2, 0.25) is 0 Å². The van der Waals surface area contributed by atoms with Crippen LogP contribution in [-0.4, -0.2) is 50.9 Å². The minimum Gasteiger partial charge on any atom is -0.333 e. The molecule has 3 rings (SSSR count). The quantitative estimate of drug-likeness (QED) is 0.781. The van der Waals surface area contributed by atoms with Crippen LogP contribution in [-0.2, 0) is 6.42 Å². The Hall–Kier alpha value is -1.22. The molecule has 10 heteroatoms. The Morgan fingerprint density at radius 3 is 2.67 bits per heavy atom. The molecule has 0 bridgehead atoms. The van der Waals surface area contributed by atoms with Crippen molar-refractivity contribution in [1.29, 1.82) is 0 Å². The Labute approximate surface area is 176 Å². The van der Waals surface area contributed by atoms with E-state index in [1.54, 1.807) is 22.4 Å². The molecule has 2 aromatic heterocycles. The molecule has 7 nitrogen and oxygen atoms in total. The maximum absolute atomic E-state index is 12.8. The summed E-state index contributed by atoms with van der Waals surface area (Å²) >= 11 is 1.68. The van der Waals surface area contributed by atoms with E-state index in [0.29, 0.717) is 11.7 Å². The van der Waals surface area contributed by atoms with Crippen LogP contribution in [0.2, 0.25) is 0 Å². The minimum atomic E-state index is -0.0986. The molecular formula is C17H28Cl2N6OS. The van der Waals surface area contributed by atoms with E-state index in [-0.39, 0.29) is 36.8 Å². The predicted octanol–water partition coefficient (Wildman–Crippen LogP) is 3.21. The van der Waals surface area contributed by atoms with Gasteiger partial charge in [-0.15, -0.1) is 41.2 Å². The number of carbonyl (C=O) groups is 1. The second kappa shape index (κ2) is 10.4. The number of piperidine rings is 1. The van der Waals surface area contributed by atoms with Gasteiger partial charge in [-0.2, -0.15) is 0 Å². The van der Waals surface area contributed by atoms with E-state index in [9.17, 15) is 4.79 Å². The summed E-state index contributed by atoms with van der Waals surface area (Å²) in [6.45, 7) is 8.10. The van der Waals surface area contributed by atoms with Crippen molar-refractivity contribution in [2.75, 3.05) is 20.1 Å². The lowest BCUT2D eigenvalue weighted by molar-refractivity contribution is 0.0738. The highest BCUT2D eigenvalue weighted by atomic mass is 35.5. The van der Waals surface area contributed by atoms with E-state index in [1.807, 2.05) is 25.6 Å². The Balaban J connectivity index is 0.00000182. The van der Waals surface area contributed by atoms with Crippen LogP contribution in [0.4, 0.5) is 0 Å². The number of hydrogen-bond acceptors (Lipinski definition) is 6. The topological polar surface area (TPSA) is 75.9 Å². The minimum absolute atomic E-state index is 0. The number of aryl methyl sites for hydroxylation is 2. The summed E-state index contributed by atoms with van der Waals surface area (Å²) < 4.78 is 1.85. The lowest BCUT2D eigenvalue weighted by atomic mass is 10.1. The van der Waals surface area contributed by atoms with Gasteiger partial charge in [-0.05, 0) is 46.2 Å². The standard InChI is InChI=1S/C17H26N6OS.2ClH/c1-5-15-19-11(2)16(25-15)12(3)22(4)17(24)14-10-23(21-20-14)13-6-8-18-9-7-13;;/h10,12-13,18H,5-9H2,1-4H3;2*1H. The molecule has 3 heterocycles. The van der Waals surface area contributed by atoms with Gasteiger partial charge in [-0.1, -0.05) is 12.1 Å². The van der Waals surface area contributed by atoms with Crippen LogP contribution >= 0.6 is 36.2 Å². The Bertz CT molecular complexity index is 744. The van der Waals surface area contributed by atoms with Gasteiger partial charge in [-0.3, -0.25) is 4.79 Å². The molecular weight excluding hydrogens is 407 g/mol. The molecule has 1 unspecified atom stereocenters. The van der Waals surface area contributed by atoms with Crippen molar-refractivity contribution < 1.29 is 4.79 Å². The summed E-state index contributed by atoms with van der Waals surface area (Å²) in [5, 5.41) is 12.8. The molecule has 1 N–H and O–H groups in total. The predicted molar refractivity (Wildman–Crippen MR) is 112 cm³/mol. The Morgan fingerprint density at radius 1 is 1.41 bits per heavy atom. The van der Waals surface area contributed by atoms with E-state index in [2.05, 4.69) is 27.5 Å². The Kier molecular flexibility index (Phi) is 9.14. The fourth-order valence-electron chi connectivity index (χ4n) is 3.16. The second-order valence-electron chi connectivity index (χ2n) is 6.57. The van der Waals surface area contributed by atoms with E-state index >= 15 is 0 Å². The molecule has 0 saturated carbocycles. The van der Waals surface area contributed by atoms with Gasteiger partial charge in [0.25, 0.3) is 5.91 Å². The monoisotopic (exact) mass is 434 g/mol. The number of nitrogens with one attached hydrogen (secondary N) is 1. The Morgan fingerprint density at radius 2 is 2.07 bits per heavy atom. The van der Waals surface area contributed by atoms with Crippen LogP contribution in [0, 0.1) is 6.92 Å². The molecule has 0 spiro atoms. The maximum atomic E-state index is 12.8. The van der Waals surface area contributed by atoms with E-state index in [1.165, 1.54) is 0 Å². The summed E-state index contributed by atoms with van der Waals surface area (Å²) in [6.07, 6.45) is 4.74. The van der Waals surface area contributed by atoms with Crippen LogP contribution in [0.1, 0.15) is 64.8 Å². The van der Waals surface area contributed by atoms with Gasteiger partial charge >= 0.3 is 0 Å². The average Bonchev–Trinajstić information content (AvgIpc) is 3.27. The number of amides is 1. The van der Waals surface area contributed by atoms with Crippen molar-refractivity contribution in [3.05, 3.63) is 27.5 Å². The zero-order chi connectivity index (χ0) is 18.0. The summed E-state index contributed by atoms with van der Waals surface area (Å²) in [5.74, 6) is -0.0986. The van der Waals surface area contributed by atoms with Crippen molar-refractivity contribution in [2.45, 2.75) is 52.1 Å². The first kappa shape index (κ1) is 23.8. The van der Waals surface area contributed by atoms with Gasteiger partial charge in [0, 0.05) is 11.9 Å². The lowest BCUT2D eigenvalue weighted by Crippen LogP contribution is -2.30. The molecule has 1 amide bonds. The van der Waals surface area contributed by atoms with Crippen LogP contribution in [0.3, 0.4) is 0 Å². The zero-order valence-electron chi connectivity index (χ0n) is 16.1. The second-order valence-corrected chi connectivity index (χ2v) is 7.68. The molecule has 152 valence electrons. The summed E-state index contributed by atoms with van der Waals surface area (Å²) in [4.78, 5) is 20.3. The highest BCUT2D eigenvalue weighted by Crippen LogP contribution is 2.29. The van der Waals surface area contributed by atoms with E-state index in [4.69, 9.17) is 0 Å². The van der Waals surface area contributed by atoms with Gasteiger partial charge in [-0.25, -0.2) is 9.67 Å². The highest BCUT2D eigenvalue weighted by molar-refractivity contribution is 7.11. The highest BCUT2D eigenvalue weighted by Gasteiger charge is 2.25. The van der Waals surface area contributed by atoms with Crippen molar-refractivity contribution in [3.63, 3.8) is 0 Å². The van der Waals surface area contributed by atoms with Crippen molar-refractivity contribution in [3.8, 4) is 0 Å². The van der Waals surface area contributed by atoms with Gasteiger partial charge in [0.15, 0.2) is 5.69 Å². The van der Waals surface area contributed by atoms with Crippen LogP contribution in [0.15, 0.2) is 6.20 Å². The number of aromatic nitrogens is 4. The third-order valence-electron chi connectivity index (χ3n) is 4.87. The smallest absolute Gasteiger partial charge is 0.276 e. The van der Waals surface area contributed by atoms with Crippen molar-refractivity contribution >= 4 is 42.1 Å². The van der Waals surface area contributed by atoms with E-state index in [0.717, 1.165) is 47.9 Å². The average molecular weight is 435 g/mol. The van der Waals surface area contributed by atoms with Crippen LogP contribution < -0.4 is 5.32 Å². The van der Waals surface area contributed by atoms with Gasteiger partial charge in [0.1, 0.15) is 0 Å². The first-order valence-electron chi connectivity index (χ1n) is 8.87. The first-order valence-corrected chi connectivity index (χ1v) is 9.68. The van der Waals surface area contributed by atoms with Crippen LogP contribution in [0.25, 0.3) is 0 Å². The number of carbonyl (C=O) groups excluding carboxylic acids is 1. The maximum Gasteiger partial charge on any atom is 0.276 e. The molecule has 27 heavy (non-hydrogen) atoms. The largest absolute Gasteiger partial charge is 0.333 e. The molecule has 1 aliphatic heterocycles. The molecule has 0 aliphatic carbocycles. The molecule has 0 aromatic carbocycles. The van der Waals surface area contributed by atoms with E-state index < -0.39 is 0 Å². The summed E-state index contributed by atoms with van der Waals surface area (Å²) in [6, 6.07) is 0.295. The normalized spacial score (nSPS) is 15.6. The lowest BCUT2D eigenvalue weighted by Gasteiger charge is -2.23. The number of thiazole rings is 1. The number of rotatable bonds is 5. The molecule has 0 radical (unpaired) electrons. The fraction of sp³-hybridized carbons (Fsp3) is 0.647. The SMILES string of the molecule is CCc1nc(C)c(C(C)N(C)C(=O)c2cn(C3CCNCC3)nn2)s1.Cl.Cl. The number of hydrogen-bond donors (Lipinski definition) is 1. The third-order valence-corrected chi connectivity index (χ3v) is 6.34. The number of halogens is 2. The van der Waals surface area contributed by atoms with Gasteiger partial charge < -0.3 is 10.2 Å². The molecule has 2 aromatic rings. The molecule has 1 saturated heterocycles. The molecule has 1 atom stereocenters.